The molecule has 1 amide bonds. The Balaban J connectivity index is 1.33. The fourth-order valence-electron chi connectivity index (χ4n) is 3.78. The van der Waals surface area contributed by atoms with E-state index in [1.54, 1.807) is 12.1 Å². The first-order valence-corrected chi connectivity index (χ1v) is 11.5. The fourth-order valence-corrected chi connectivity index (χ4v) is 4.78. The molecule has 0 unspecified atom stereocenters. The van der Waals surface area contributed by atoms with Crippen LogP contribution in [0.1, 0.15) is 23.1 Å². The van der Waals surface area contributed by atoms with E-state index < -0.39 is 17.9 Å². The predicted molar refractivity (Wildman–Crippen MR) is 120 cm³/mol. The van der Waals surface area contributed by atoms with E-state index in [-0.39, 0.29) is 18.0 Å². The van der Waals surface area contributed by atoms with Crippen LogP contribution in [0.2, 0.25) is 0 Å². The van der Waals surface area contributed by atoms with E-state index in [9.17, 15) is 19.5 Å². The lowest BCUT2D eigenvalue weighted by Crippen LogP contribution is -2.50. The van der Waals surface area contributed by atoms with Crippen LogP contribution in [0.3, 0.4) is 0 Å². The molecule has 166 valence electrons. The molecule has 0 bridgehead atoms. The van der Waals surface area contributed by atoms with Crippen molar-refractivity contribution in [2.75, 3.05) is 12.4 Å². The van der Waals surface area contributed by atoms with Crippen molar-refractivity contribution in [3.63, 3.8) is 0 Å². The number of hydrogen-bond donors (Lipinski definition) is 1. The first kappa shape index (κ1) is 22.0. The fraction of sp³-hybridized carbons (Fsp3) is 0.292. The molecule has 3 aromatic rings. The number of ether oxygens (including phenoxy) is 1. The van der Waals surface area contributed by atoms with Gasteiger partial charge in [0.05, 0.1) is 12.0 Å². The smallest absolute Gasteiger partial charge is 0.339 e. The van der Waals surface area contributed by atoms with E-state index in [2.05, 4.69) is 5.32 Å². The molecule has 1 heterocycles. The molecule has 2 aromatic carbocycles. The summed E-state index contributed by atoms with van der Waals surface area (Å²) >= 11 is 1.39. The standard InChI is InChI=1S/C24H23NO6S/c26-22(25-20(23(27)28)14-32-13-15-5-2-1-3-6-15)12-30-16-9-10-18-17-7-4-8-19(17)24(29)31-21(18)11-16/h1-3,5-6,9-11,20H,4,7-8,12-14H2,(H,25,26)(H,27,28)/p-1/t20-/m0/s1. The van der Waals surface area contributed by atoms with Gasteiger partial charge in [0.25, 0.3) is 5.91 Å². The summed E-state index contributed by atoms with van der Waals surface area (Å²) in [6.07, 6.45) is 2.50. The third kappa shape index (κ3) is 5.13. The van der Waals surface area contributed by atoms with E-state index in [0.29, 0.717) is 17.1 Å². The molecule has 0 aliphatic heterocycles. The summed E-state index contributed by atoms with van der Waals surface area (Å²) in [5.74, 6) is -0.759. The molecule has 1 aromatic heterocycles. The predicted octanol–water partition coefficient (Wildman–Crippen LogP) is 1.83. The van der Waals surface area contributed by atoms with Gasteiger partial charge in [0, 0.05) is 28.5 Å². The van der Waals surface area contributed by atoms with E-state index in [1.165, 1.54) is 11.8 Å². The molecule has 32 heavy (non-hydrogen) atoms. The van der Waals surface area contributed by atoms with Gasteiger partial charge in [-0.05, 0) is 42.5 Å². The van der Waals surface area contributed by atoms with Gasteiger partial charge in [-0.3, -0.25) is 4.79 Å². The molecule has 0 saturated carbocycles. The van der Waals surface area contributed by atoms with Crippen LogP contribution in [-0.2, 0) is 28.2 Å². The van der Waals surface area contributed by atoms with Crippen LogP contribution < -0.4 is 20.8 Å². The van der Waals surface area contributed by atoms with Gasteiger partial charge in [-0.2, -0.15) is 11.8 Å². The molecular weight excluding hydrogens is 430 g/mol. The number of aliphatic carboxylic acids is 1. The van der Waals surface area contributed by atoms with Gasteiger partial charge in [-0.25, -0.2) is 4.79 Å². The zero-order valence-electron chi connectivity index (χ0n) is 17.3. The Bertz CT molecular complexity index is 1190. The molecule has 7 nitrogen and oxygen atoms in total. The lowest BCUT2D eigenvalue weighted by atomic mass is 10.1. The quantitative estimate of drug-likeness (QED) is 0.494. The Morgan fingerprint density at radius 3 is 2.69 bits per heavy atom. The summed E-state index contributed by atoms with van der Waals surface area (Å²) in [7, 11) is 0. The SMILES string of the molecule is O=C(COc1ccc2c3c(c(=O)oc2c1)CCC3)N[C@@H](CSCc1ccccc1)C(=O)[O-]. The molecule has 1 N–H and O–H groups in total. The third-order valence-electron chi connectivity index (χ3n) is 5.33. The van der Waals surface area contributed by atoms with Crippen molar-refractivity contribution < 1.29 is 23.8 Å². The van der Waals surface area contributed by atoms with E-state index in [0.717, 1.165) is 41.3 Å². The van der Waals surface area contributed by atoms with Gasteiger partial charge < -0.3 is 24.4 Å². The second-order valence-electron chi connectivity index (χ2n) is 7.59. The second kappa shape index (κ2) is 9.91. The van der Waals surface area contributed by atoms with Crippen molar-refractivity contribution in [3.05, 3.63) is 75.6 Å². The highest BCUT2D eigenvalue weighted by Crippen LogP contribution is 2.29. The number of carbonyl (C=O) groups excluding carboxylic acids is 2. The van der Waals surface area contributed by atoms with Crippen LogP contribution in [0.4, 0.5) is 0 Å². The normalized spacial score (nSPS) is 13.5. The lowest BCUT2D eigenvalue weighted by Gasteiger charge is -2.19. The number of rotatable bonds is 9. The Morgan fingerprint density at radius 1 is 1.12 bits per heavy atom. The first-order valence-electron chi connectivity index (χ1n) is 10.3. The Kier molecular flexibility index (Phi) is 6.80. The minimum atomic E-state index is -1.35. The summed E-state index contributed by atoms with van der Waals surface area (Å²) in [5, 5.41) is 14.7. The number of carbonyl (C=O) groups is 2. The maximum atomic E-state index is 12.2. The average Bonchev–Trinajstić information content (AvgIpc) is 3.28. The molecule has 0 radical (unpaired) electrons. The van der Waals surface area contributed by atoms with E-state index in [1.807, 2.05) is 36.4 Å². The average molecular weight is 453 g/mol. The third-order valence-corrected chi connectivity index (χ3v) is 6.44. The highest BCUT2D eigenvalue weighted by Gasteiger charge is 2.20. The van der Waals surface area contributed by atoms with Crippen molar-refractivity contribution in [2.24, 2.45) is 0 Å². The number of fused-ring (bicyclic) bond motifs is 3. The summed E-state index contributed by atoms with van der Waals surface area (Å²) in [5.41, 5.74) is 2.91. The molecular formula is C24H22NO6S-. The number of benzene rings is 2. The lowest BCUT2D eigenvalue weighted by molar-refractivity contribution is -0.307. The minimum absolute atomic E-state index is 0.176. The monoisotopic (exact) mass is 452 g/mol. The first-order chi connectivity index (χ1) is 15.5. The number of thioether (sulfide) groups is 1. The van der Waals surface area contributed by atoms with Crippen LogP contribution >= 0.6 is 11.8 Å². The second-order valence-corrected chi connectivity index (χ2v) is 8.62. The van der Waals surface area contributed by atoms with Gasteiger partial charge in [-0.15, -0.1) is 0 Å². The molecule has 0 fully saturated rings. The molecule has 0 saturated heterocycles. The van der Waals surface area contributed by atoms with Crippen LogP contribution in [0.15, 0.2) is 57.7 Å². The van der Waals surface area contributed by atoms with Crippen molar-refractivity contribution >= 4 is 34.6 Å². The van der Waals surface area contributed by atoms with E-state index in [4.69, 9.17) is 9.15 Å². The zero-order valence-corrected chi connectivity index (χ0v) is 18.1. The number of carboxylic acids is 1. The van der Waals surface area contributed by atoms with Crippen molar-refractivity contribution in [1.82, 2.24) is 5.32 Å². The summed E-state index contributed by atoms with van der Waals surface area (Å²) in [4.78, 5) is 35.8. The van der Waals surface area contributed by atoms with Gasteiger partial charge >= 0.3 is 5.63 Å². The zero-order chi connectivity index (χ0) is 22.5. The number of aryl methyl sites for hydroxylation is 1. The summed E-state index contributed by atoms with van der Waals surface area (Å²) in [6.45, 7) is -0.367. The van der Waals surface area contributed by atoms with Crippen molar-refractivity contribution in [2.45, 2.75) is 31.1 Å². The van der Waals surface area contributed by atoms with Crippen LogP contribution in [0.25, 0.3) is 11.0 Å². The number of amides is 1. The summed E-state index contributed by atoms with van der Waals surface area (Å²) < 4.78 is 10.9. The van der Waals surface area contributed by atoms with Crippen LogP contribution in [-0.4, -0.2) is 30.3 Å². The molecule has 1 aliphatic carbocycles. The maximum absolute atomic E-state index is 12.2. The van der Waals surface area contributed by atoms with Crippen LogP contribution in [0, 0.1) is 0 Å². The van der Waals surface area contributed by atoms with Gasteiger partial charge in [-0.1, -0.05) is 30.3 Å². The number of carboxylic acid groups (broad SMARTS) is 1. The Hall–Kier alpha value is -3.26. The largest absolute Gasteiger partial charge is 0.548 e. The van der Waals surface area contributed by atoms with Crippen molar-refractivity contribution in [3.8, 4) is 5.75 Å². The highest BCUT2D eigenvalue weighted by atomic mass is 32.2. The molecule has 0 spiro atoms. The number of hydrogen-bond acceptors (Lipinski definition) is 7. The van der Waals surface area contributed by atoms with Crippen molar-refractivity contribution in [1.29, 1.82) is 0 Å². The molecule has 1 aliphatic rings. The minimum Gasteiger partial charge on any atom is -0.548 e. The number of nitrogens with one attached hydrogen (secondary N) is 1. The summed E-state index contributed by atoms with van der Waals surface area (Å²) in [6, 6.07) is 13.6. The van der Waals surface area contributed by atoms with Gasteiger partial charge in [0.15, 0.2) is 6.61 Å². The van der Waals surface area contributed by atoms with Gasteiger partial charge in [0.2, 0.25) is 0 Å². The topological polar surface area (TPSA) is 109 Å². The highest BCUT2D eigenvalue weighted by molar-refractivity contribution is 7.98. The molecule has 4 rings (SSSR count). The molecule has 8 heteroatoms. The van der Waals surface area contributed by atoms with E-state index >= 15 is 0 Å². The Labute approximate surface area is 188 Å². The molecule has 1 atom stereocenters. The van der Waals surface area contributed by atoms with Gasteiger partial charge in [0.1, 0.15) is 11.3 Å². The Morgan fingerprint density at radius 2 is 1.91 bits per heavy atom. The maximum Gasteiger partial charge on any atom is 0.339 e. The van der Waals surface area contributed by atoms with Crippen LogP contribution in [0.5, 0.6) is 5.75 Å².